The summed E-state index contributed by atoms with van der Waals surface area (Å²) < 4.78 is 14.4. The van der Waals surface area contributed by atoms with Crippen LogP contribution in [0.1, 0.15) is 56.6 Å². The molecule has 1 unspecified atom stereocenters. The van der Waals surface area contributed by atoms with Gasteiger partial charge in [-0.15, -0.1) is 0 Å². The highest BCUT2D eigenvalue weighted by atomic mass is 35.5. The van der Waals surface area contributed by atoms with Crippen molar-refractivity contribution in [2.24, 2.45) is 0 Å². The first-order valence-corrected chi connectivity index (χ1v) is 11.9. The van der Waals surface area contributed by atoms with E-state index in [1.54, 1.807) is 12.1 Å². The molecule has 32 heavy (non-hydrogen) atoms. The van der Waals surface area contributed by atoms with Crippen LogP contribution in [0.25, 0.3) is 0 Å². The Labute approximate surface area is 199 Å². The summed E-state index contributed by atoms with van der Waals surface area (Å²) in [5, 5.41) is 3.83. The van der Waals surface area contributed by atoms with E-state index in [1.807, 2.05) is 25.1 Å². The first-order valence-electron chi connectivity index (χ1n) is 11.2. The van der Waals surface area contributed by atoms with E-state index in [2.05, 4.69) is 5.32 Å². The standard InChI is InChI=1S/C25H29Cl2FN2O2/c1-2-23(25(32)29-18-10-4-3-5-11-18)30(16-17-9-6-7-12-20(17)26)24(31)15-19-21(27)13-8-14-22(19)28/h6-9,12-14,18,23H,2-5,10-11,15-16H2,1H3,(H,29,32). The van der Waals surface area contributed by atoms with E-state index < -0.39 is 11.9 Å². The third kappa shape index (κ3) is 6.23. The molecule has 2 amide bonds. The fourth-order valence-electron chi connectivity index (χ4n) is 4.23. The Bertz CT molecular complexity index is 927. The maximum atomic E-state index is 14.4. The molecule has 4 nitrogen and oxygen atoms in total. The lowest BCUT2D eigenvalue weighted by atomic mass is 9.95. The second-order valence-electron chi connectivity index (χ2n) is 8.26. The fraction of sp³-hybridized carbons (Fsp3) is 0.440. The van der Waals surface area contributed by atoms with E-state index in [4.69, 9.17) is 23.2 Å². The molecule has 1 fully saturated rings. The molecule has 0 spiro atoms. The number of nitrogens with zero attached hydrogens (tertiary/aromatic N) is 1. The Balaban J connectivity index is 1.86. The Morgan fingerprint density at radius 1 is 1.06 bits per heavy atom. The number of benzene rings is 2. The molecule has 0 saturated heterocycles. The predicted octanol–water partition coefficient (Wildman–Crippen LogP) is 5.93. The van der Waals surface area contributed by atoms with Crippen molar-refractivity contribution in [3.63, 3.8) is 0 Å². The Morgan fingerprint density at radius 3 is 2.41 bits per heavy atom. The lowest BCUT2D eigenvalue weighted by molar-refractivity contribution is -0.141. The van der Waals surface area contributed by atoms with E-state index in [-0.39, 0.29) is 41.4 Å². The highest BCUT2D eigenvalue weighted by Gasteiger charge is 2.31. The minimum absolute atomic E-state index is 0.128. The Morgan fingerprint density at radius 2 is 1.75 bits per heavy atom. The molecule has 0 aromatic heterocycles. The monoisotopic (exact) mass is 478 g/mol. The van der Waals surface area contributed by atoms with Crippen LogP contribution in [0.15, 0.2) is 42.5 Å². The van der Waals surface area contributed by atoms with Crippen molar-refractivity contribution in [3.05, 3.63) is 69.5 Å². The number of nitrogens with one attached hydrogen (secondary N) is 1. The van der Waals surface area contributed by atoms with Gasteiger partial charge in [-0.3, -0.25) is 9.59 Å². The lowest BCUT2D eigenvalue weighted by Gasteiger charge is -2.33. The summed E-state index contributed by atoms with van der Waals surface area (Å²) in [7, 11) is 0. The zero-order chi connectivity index (χ0) is 23.1. The van der Waals surface area contributed by atoms with Gasteiger partial charge in [0.25, 0.3) is 0 Å². The van der Waals surface area contributed by atoms with Crippen molar-refractivity contribution in [1.82, 2.24) is 10.2 Å². The summed E-state index contributed by atoms with van der Waals surface area (Å²) in [6.45, 7) is 2.02. The highest BCUT2D eigenvalue weighted by molar-refractivity contribution is 6.31. The minimum atomic E-state index is -0.689. The number of carbonyl (C=O) groups excluding carboxylic acids is 2. The van der Waals surface area contributed by atoms with E-state index in [1.165, 1.54) is 23.5 Å². The van der Waals surface area contributed by atoms with Gasteiger partial charge in [0.1, 0.15) is 11.9 Å². The van der Waals surface area contributed by atoms with Crippen LogP contribution in [0.4, 0.5) is 4.39 Å². The van der Waals surface area contributed by atoms with Gasteiger partial charge < -0.3 is 10.2 Å². The second kappa shape index (κ2) is 11.7. The molecule has 1 N–H and O–H groups in total. The van der Waals surface area contributed by atoms with Gasteiger partial charge in [-0.05, 0) is 43.0 Å². The average molecular weight is 479 g/mol. The van der Waals surface area contributed by atoms with Gasteiger partial charge in [-0.25, -0.2) is 4.39 Å². The van der Waals surface area contributed by atoms with Gasteiger partial charge in [0.2, 0.25) is 11.8 Å². The fourth-order valence-corrected chi connectivity index (χ4v) is 4.65. The molecule has 3 rings (SSSR count). The summed E-state index contributed by atoms with van der Waals surface area (Å²) in [6, 6.07) is 11.0. The number of hydrogen-bond donors (Lipinski definition) is 1. The van der Waals surface area contributed by atoms with Gasteiger partial charge >= 0.3 is 0 Å². The van der Waals surface area contributed by atoms with E-state index in [9.17, 15) is 14.0 Å². The molecule has 2 aromatic carbocycles. The molecule has 172 valence electrons. The molecule has 1 aliphatic carbocycles. The number of hydrogen-bond acceptors (Lipinski definition) is 2. The molecule has 0 aliphatic heterocycles. The zero-order valence-corrected chi connectivity index (χ0v) is 19.8. The van der Waals surface area contributed by atoms with Crippen molar-refractivity contribution < 1.29 is 14.0 Å². The lowest BCUT2D eigenvalue weighted by Crippen LogP contribution is -2.52. The van der Waals surface area contributed by atoms with Gasteiger partial charge in [0.05, 0.1) is 6.42 Å². The molecule has 1 atom stereocenters. The van der Waals surface area contributed by atoms with Crippen LogP contribution in [0.5, 0.6) is 0 Å². The van der Waals surface area contributed by atoms with E-state index in [0.29, 0.717) is 11.4 Å². The van der Waals surface area contributed by atoms with Crippen LogP contribution in [0.2, 0.25) is 10.0 Å². The van der Waals surface area contributed by atoms with Crippen molar-refractivity contribution >= 4 is 35.0 Å². The van der Waals surface area contributed by atoms with Crippen LogP contribution in [-0.2, 0) is 22.6 Å². The topological polar surface area (TPSA) is 49.4 Å². The largest absolute Gasteiger partial charge is 0.352 e. The summed E-state index contributed by atoms with van der Waals surface area (Å²) in [5.41, 5.74) is 0.858. The van der Waals surface area contributed by atoms with Crippen molar-refractivity contribution in [2.45, 2.75) is 70.5 Å². The average Bonchev–Trinajstić information content (AvgIpc) is 2.78. The first kappa shape index (κ1) is 24.5. The van der Waals surface area contributed by atoms with Crippen molar-refractivity contribution in [2.75, 3.05) is 0 Å². The van der Waals surface area contributed by atoms with Gasteiger partial charge in [-0.1, -0.05) is 73.7 Å². The molecule has 2 aromatic rings. The number of halogens is 3. The number of rotatable bonds is 8. The third-order valence-electron chi connectivity index (χ3n) is 6.03. The van der Waals surface area contributed by atoms with Crippen LogP contribution in [0.3, 0.4) is 0 Å². The van der Waals surface area contributed by atoms with Gasteiger partial charge in [0, 0.05) is 28.2 Å². The van der Waals surface area contributed by atoms with Crippen LogP contribution < -0.4 is 5.32 Å². The quantitative estimate of drug-likeness (QED) is 0.510. The van der Waals surface area contributed by atoms with Crippen LogP contribution >= 0.6 is 23.2 Å². The second-order valence-corrected chi connectivity index (χ2v) is 9.07. The maximum Gasteiger partial charge on any atom is 0.243 e. The number of amides is 2. The van der Waals surface area contributed by atoms with Gasteiger partial charge in [-0.2, -0.15) is 0 Å². The smallest absolute Gasteiger partial charge is 0.243 e. The first-order chi connectivity index (χ1) is 15.4. The SMILES string of the molecule is CCC(C(=O)NC1CCCCC1)N(Cc1ccccc1Cl)C(=O)Cc1c(F)cccc1Cl. The molecule has 0 heterocycles. The maximum absolute atomic E-state index is 14.4. The van der Waals surface area contributed by atoms with E-state index >= 15 is 0 Å². The summed E-state index contributed by atoms with van der Waals surface area (Å²) in [5.74, 6) is -1.09. The summed E-state index contributed by atoms with van der Waals surface area (Å²) >= 11 is 12.5. The van der Waals surface area contributed by atoms with Crippen LogP contribution in [-0.4, -0.2) is 28.8 Å². The molecule has 0 bridgehead atoms. The predicted molar refractivity (Wildman–Crippen MR) is 126 cm³/mol. The Kier molecular flexibility index (Phi) is 8.94. The molecule has 0 radical (unpaired) electrons. The molecule has 1 aliphatic rings. The summed E-state index contributed by atoms with van der Waals surface area (Å²) in [6.07, 6.45) is 5.47. The molecular formula is C25H29Cl2FN2O2. The Hall–Kier alpha value is -2.11. The molecular weight excluding hydrogens is 450 g/mol. The van der Waals surface area contributed by atoms with Crippen molar-refractivity contribution in [1.29, 1.82) is 0 Å². The minimum Gasteiger partial charge on any atom is -0.352 e. The zero-order valence-electron chi connectivity index (χ0n) is 18.3. The third-order valence-corrected chi connectivity index (χ3v) is 6.75. The molecule has 1 saturated carbocycles. The summed E-state index contributed by atoms with van der Waals surface area (Å²) in [4.78, 5) is 28.1. The normalized spacial score (nSPS) is 15.2. The van der Waals surface area contributed by atoms with Gasteiger partial charge in [0.15, 0.2) is 0 Å². The molecule has 7 heteroatoms. The van der Waals surface area contributed by atoms with Crippen LogP contribution in [0, 0.1) is 5.82 Å². The van der Waals surface area contributed by atoms with E-state index in [0.717, 1.165) is 31.2 Å². The van der Waals surface area contributed by atoms with Crippen molar-refractivity contribution in [3.8, 4) is 0 Å². The highest BCUT2D eigenvalue weighted by Crippen LogP contribution is 2.24. The number of carbonyl (C=O) groups is 2.